The average Bonchev–Trinajstić information content (AvgIpc) is 3.07. The summed E-state index contributed by atoms with van der Waals surface area (Å²) in [7, 11) is 0. The summed E-state index contributed by atoms with van der Waals surface area (Å²) in [5.74, 6) is 2.30. The van der Waals surface area contributed by atoms with Crippen LogP contribution in [-0.4, -0.2) is 28.6 Å². The summed E-state index contributed by atoms with van der Waals surface area (Å²) < 4.78 is 13.8. The number of carbonyl (C=O) groups is 1. The molecule has 216 valence electrons. The van der Waals surface area contributed by atoms with Crippen molar-refractivity contribution in [2.24, 2.45) is 57.2 Å². The van der Waals surface area contributed by atoms with Gasteiger partial charge in [-0.2, -0.15) is 0 Å². The molecule has 1 N–H and O–H groups in total. The fourth-order valence-corrected chi connectivity index (χ4v) is 12.7. The molecule has 0 amide bonds. The van der Waals surface area contributed by atoms with Gasteiger partial charge in [0.15, 0.2) is 0 Å². The highest BCUT2D eigenvalue weighted by Crippen LogP contribution is 2.76. The largest absolute Gasteiger partial charge is 0.433 e. The van der Waals surface area contributed by atoms with Crippen LogP contribution in [-0.2, 0) is 14.3 Å². The molecule has 0 aromatic heterocycles. The fraction of sp³-hybridized carbons (Fsp3) is 0.971. The minimum absolute atomic E-state index is 0.000198. The number of hydrogen-bond acceptors (Lipinski definition) is 4. The van der Waals surface area contributed by atoms with E-state index < -0.39 is 11.4 Å². The summed E-state index contributed by atoms with van der Waals surface area (Å²) >= 11 is 0. The van der Waals surface area contributed by atoms with Gasteiger partial charge in [0.25, 0.3) is 0 Å². The quantitative estimate of drug-likeness (QED) is 0.351. The molecule has 1 heterocycles. The topological polar surface area (TPSA) is 55.8 Å². The SMILES string of the molecule is CC(C)[C@@H]1CC[C@@H](C)C[C@@]12OC(=O)C[C@]1(CC[C@H]3[C@]4(C)CC[C@H]5C(C)(C)[C@@H](O)CC[C@]5(C)[C@H]4CC[C@@]31C)O2. The summed E-state index contributed by atoms with van der Waals surface area (Å²) in [6.45, 7) is 19.3. The lowest BCUT2D eigenvalue weighted by Crippen LogP contribution is -2.67. The van der Waals surface area contributed by atoms with E-state index in [0.29, 0.717) is 36.0 Å². The molecule has 6 fully saturated rings. The Bertz CT molecular complexity index is 974. The van der Waals surface area contributed by atoms with E-state index >= 15 is 0 Å². The molecule has 0 radical (unpaired) electrons. The third-order valence-electron chi connectivity index (χ3n) is 14.5. The van der Waals surface area contributed by atoms with Gasteiger partial charge < -0.3 is 14.6 Å². The maximum atomic E-state index is 13.6. The zero-order valence-electron chi connectivity index (χ0n) is 25.7. The lowest BCUT2D eigenvalue weighted by Gasteiger charge is -2.69. The number of ether oxygens (including phenoxy) is 2. The van der Waals surface area contributed by atoms with Gasteiger partial charge in [0.1, 0.15) is 0 Å². The van der Waals surface area contributed by atoms with Gasteiger partial charge in [0, 0.05) is 17.8 Å². The molecular formula is C34H56O4. The maximum absolute atomic E-state index is 13.6. The summed E-state index contributed by atoms with van der Waals surface area (Å²) in [6, 6.07) is 0. The molecule has 5 saturated carbocycles. The third-order valence-corrected chi connectivity index (χ3v) is 14.5. The van der Waals surface area contributed by atoms with Crippen molar-refractivity contribution in [3.63, 3.8) is 0 Å². The summed E-state index contributed by atoms with van der Waals surface area (Å²) in [5.41, 5.74) is 0.125. The standard InChI is InChI=1S/C34H56O4/c1-21(2)23-10-9-22(3)19-34(23)37-28(36)20-33(38-34)18-13-26-31(7)15-11-24-29(4,5)27(35)14-16-30(24,6)25(31)12-17-32(26,33)8/h21-27,35H,9-20H2,1-8H3/t22-,23+,24+,25-,26+,27+,30+,31-,32+,33+,34+/m1/s1. The highest BCUT2D eigenvalue weighted by atomic mass is 16.7. The van der Waals surface area contributed by atoms with E-state index in [1.807, 2.05) is 0 Å². The normalized spacial score (nSPS) is 55.9. The summed E-state index contributed by atoms with van der Waals surface area (Å²) in [6.07, 6.45) is 12.5. The molecule has 11 atom stereocenters. The zero-order valence-corrected chi connectivity index (χ0v) is 25.7. The Morgan fingerprint density at radius 1 is 0.816 bits per heavy atom. The number of esters is 1. The van der Waals surface area contributed by atoms with E-state index in [1.54, 1.807) is 0 Å². The molecule has 2 spiro atoms. The second-order valence-corrected chi connectivity index (χ2v) is 16.9. The molecule has 0 aromatic carbocycles. The molecular weight excluding hydrogens is 472 g/mol. The van der Waals surface area contributed by atoms with Crippen molar-refractivity contribution in [1.29, 1.82) is 0 Å². The van der Waals surface area contributed by atoms with Crippen LogP contribution in [0.15, 0.2) is 0 Å². The van der Waals surface area contributed by atoms with E-state index in [0.717, 1.165) is 38.5 Å². The van der Waals surface area contributed by atoms with Gasteiger partial charge in [-0.05, 0) is 110 Å². The van der Waals surface area contributed by atoms with Crippen LogP contribution in [0.4, 0.5) is 0 Å². The van der Waals surface area contributed by atoms with Crippen molar-refractivity contribution in [3.8, 4) is 0 Å². The van der Waals surface area contributed by atoms with Crippen LogP contribution in [0.3, 0.4) is 0 Å². The maximum Gasteiger partial charge on any atom is 0.311 e. The number of fused-ring (bicyclic) bond motifs is 6. The second kappa shape index (κ2) is 8.46. The molecule has 0 unspecified atom stereocenters. The minimum Gasteiger partial charge on any atom is -0.433 e. The first-order valence-electron chi connectivity index (χ1n) is 16.2. The van der Waals surface area contributed by atoms with E-state index in [9.17, 15) is 9.90 Å². The van der Waals surface area contributed by atoms with Crippen LogP contribution >= 0.6 is 0 Å². The van der Waals surface area contributed by atoms with Crippen molar-refractivity contribution in [1.82, 2.24) is 0 Å². The van der Waals surface area contributed by atoms with Crippen LogP contribution < -0.4 is 0 Å². The van der Waals surface area contributed by atoms with Crippen molar-refractivity contribution < 1.29 is 19.4 Å². The molecule has 1 aliphatic heterocycles. The molecule has 6 aliphatic rings. The number of hydrogen-bond donors (Lipinski definition) is 1. The molecule has 4 heteroatoms. The average molecular weight is 529 g/mol. The third kappa shape index (κ3) is 3.43. The highest BCUT2D eigenvalue weighted by Gasteiger charge is 2.73. The van der Waals surface area contributed by atoms with Gasteiger partial charge in [-0.25, -0.2) is 0 Å². The summed E-state index contributed by atoms with van der Waals surface area (Å²) in [4.78, 5) is 13.6. The Hall–Kier alpha value is -0.610. The van der Waals surface area contributed by atoms with Gasteiger partial charge in [-0.15, -0.1) is 0 Å². The fourth-order valence-electron chi connectivity index (χ4n) is 12.7. The van der Waals surface area contributed by atoms with Crippen LogP contribution in [0.25, 0.3) is 0 Å². The minimum atomic E-state index is -0.746. The Morgan fingerprint density at radius 2 is 1.45 bits per heavy atom. The predicted octanol–water partition coefficient (Wildman–Crippen LogP) is 7.91. The molecule has 6 rings (SSSR count). The van der Waals surface area contributed by atoms with Crippen LogP contribution in [0.5, 0.6) is 0 Å². The first-order chi connectivity index (χ1) is 17.6. The molecule has 1 saturated heterocycles. The smallest absolute Gasteiger partial charge is 0.311 e. The number of aliphatic hydroxyl groups excluding tert-OH is 1. The molecule has 0 aromatic rings. The van der Waals surface area contributed by atoms with Gasteiger partial charge in [-0.1, -0.05) is 55.4 Å². The van der Waals surface area contributed by atoms with Gasteiger partial charge in [0.05, 0.1) is 18.1 Å². The van der Waals surface area contributed by atoms with E-state index in [2.05, 4.69) is 55.4 Å². The van der Waals surface area contributed by atoms with Crippen molar-refractivity contribution in [2.45, 2.75) is 150 Å². The molecule has 5 aliphatic carbocycles. The van der Waals surface area contributed by atoms with Gasteiger partial charge >= 0.3 is 5.97 Å². The lowest BCUT2D eigenvalue weighted by molar-refractivity contribution is -0.365. The number of carbonyl (C=O) groups excluding carboxylic acids is 1. The van der Waals surface area contributed by atoms with Gasteiger partial charge in [0.2, 0.25) is 5.79 Å². The predicted molar refractivity (Wildman–Crippen MR) is 150 cm³/mol. The highest BCUT2D eigenvalue weighted by molar-refractivity contribution is 5.72. The Balaban J connectivity index is 1.36. The zero-order chi connectivity index (χ0) is 27.5. The lowest BCUT2D eigenvalue weighted by atomic mass is 9.36. The number of aliphatic hydroxyl groups is 1. The molecule has 38 heavy (non-hydrogen) atoms. The van der Waals surface area contributed by atoms with Crippen molar-refractivity contribution in [3.05, 3.63) is 0 Å². The Kier molecular flexibility index (Phi) is 6.14. The molecule has 4 nitrogen and oxygen atoms in total. The Morgan fingerprint density at radius 3 is 2.16 bits per heavy atom. The first-order valence-corrected chi connectivity index (χ1v) is 16.2. The van der Waals surface area contributed by atoms with Crippen LogP contribution in [0.2, 0.25) is 0 Å². The van der Waals surface area contributed by atoms with Gasteiger partial charge in [-0.3, -0.25) is 4.79 Å². The summed E-state index contributed by atoms with van der Waals surface area (Å²) in [5, 5.41) is 11.0. The van der Waals surface area contributed by atoms with E-state index in [4.69, 9.17) is 9.47 Å². The second-order valence-electron chi connectivity index (χ2n) is 16.9. The Labute approximate surface area is 232 Å². The van der Waals surface area contributed by atoms with Crippen LogP contribution in [0.1, 0.15) is 132 Å². The monoisotopic (exact) mass is 528 g/mol. The number of rotatable bonds is 1. The van der Waals surface area contributed by atoms with Crippen molar-refractivity contribution in [2.75, 3.05) is 0 Å². The van der Waals surface area contributed by atoms with Crippen molar-refractivity contribution >= 4 is 5.97 Å². The van der Waals surface area contributed by atoms with Crippen LogP contribution in [0, 0.1) is 57.2 Å². The van der Waals surface area contributed by atoms with E-state index in [1.165, 1.54) is 32.1 Å². The molecule has 0 bridgehead atoms. The first kappa shape index (κ1) is 27.6. The van der Waals surface area contributed by atoms with E-state index in [-0.39, 0.29) is 39.7 Å².